The summed E-state index contributed by atoms with van der Waals surface area (Å²) in [6, 6.07) is 6.31. The molecular formula is C15H21N5. The van der Waals surface area contributed by atoms with Gasteiger partial charge in [-0.3, -0.25) is 0 Å². The number of rotatable bonds is 5. The van der Waals surface area contributed by atoms with Gasteiger partial charge in [-0.25, -0.2) is 15.8 Å². The number of nitrogen functional groups attached to an aromatic ring is 1. The van der Waals surface area contributed by atoms with E-state index in [9.17, 15) is 0 Å². The van der Waals surface area contributed by atoms with Crippen molar-refractivity contribution in [2.24, 2.45) is 5.84 Å². The van der Waals surface area contributed by atoms with Crippen molar-refractivity contribution in [2.75, 3.05) is 10.7 Å². The number of hydrogen-bond acceptors (Lipinski definition) is 5. The van der Waals surface area contributed by atoms with Gasteiger partial charge in [0.15, 0.2) is 0 Å². The maximum absolute atomic E-state index is 5.53. The fourth-order valence-electron chi connectivity index (χ4n) is 2.13. The van der Waals surface area contributed by atoms with Crippen LogP contribution in [0.15, 0.2) is 24.5 Å². The molecule has 2 aromatic rings. The van der Waals surface area contributed by atoms with Crippen LogP contribution in [0.5, 0.6) is 0 Å². The molecule has 5 nitrogen and oxygen atoms in total. The first-order chi connectivity index (χ1) is 9.65. The molecule has 0 aliphatic rings. The van der Waals surface area contributed by atoms with Crippen molar-refractivity contribution in [3.8, 4) is 0 Å². The highest BCUT2D eigenvalue weighted by Crippen LogP contribution is 2.26. The Hall–Kier alpha value is -2.14. The van der Waals surface area contributed by atoms with Crippen LogP contribution in [0, 0.1) is 13.8 Å². The monoisotopic (exact) mass is 271 g/mol. The molecule has 20 heavy (non-hydrogen) atoms. The molecule has 5 heteroatoms. The molecular weight excluding hydrogens is 250 g/mol. The summed E-state index contributed by atoms with van der Waals surface area (Å²) in [5.41, 5.74) is 7.10. The summed E-state index contributed by atoms with van der Waals surface area (Å²) < 4.78 is 0. The highest BCUT2D eigenvalue weighted by atomic mass is 15.3. The first-order valence-electron chi connectivity index (χ1n) is 6.80. The van der Waals surface area contributed by atoms with E-state index < -0.39 is 0 Å². The van der Waals surface area contributed by atoms with Gasteiger partial charge in [0.05, 0.1) is 0 Å². The Bertz CT molecular complexity index is 595. The SMILES string of the molecule is CCCc1c(NN)ncnc1Nc1cc(C)ccc1C. The third kappa shape index (κ3) is 3.05. The Labute approximate surface area is 119 Å². The molecule has 0 atom stereocenters. The topological polar surface area (TPSA) is 75.9 Å². The molecule has 4 N–H and O–H groups in total. The van der Waals surface area contributed by atoms with Crippen LogP contribution in [0.4, 0.5) is 17.3 Å². The minimum Gasteiger partial charge on any atom is -0.340 e. The summed E-state index contributed by atoms with van der Waals surface area (Å²) in [5.74, 6) is 7.01. The van der Waals surface area contributed by atoms with Gasteiger partial charge in [0.2, 0.25) is 0 Å². The van der Waals surface area contributed by atoms with Crippen LogP contribution in [0.3, 0.4) is 0 Å². The molecule has 2 rings (SSSR count). The standard InChI is InChI=1S/C15H21N5/c1-4-5-12-14(17-9-18-15(12)20-16)19-13-8-10(2)6-7-11(13)3/h6-9H,4-5,16H2,1-3H3,(H2,17,18,19,20). The zero-order valence-corrected chi connectivity index (χ0v) is 12.2. The normalized spacial score (nSPS) is 10.4. The van der Waals surface area contributed by atoms with Crippen molar-refractivity contribution in [3.05, 3.63) is 41.2 Å². The van der Waals surface area contributed by atoms with Crippen molar-refractivity contribution in [3.63, 3.8) is 0 Å². The maximum atomic E-state index is 5.53. The Morgan fingerprint density at radius 2 is 1.90 bits per heavy atom. The summed E-state index contributed by atoms with van der Waals surface area (Å²) in [5, 5.41) is 3.39. The van der Waals surface area contributed by atoms with Gasteiger partial charge in [-0.05, 0) is 37.5 Å². The maximum Gasteiger partial charge on any atom is 0.148 e. The van der Waals surface area contributed by atoms with Crippen LogP contribution in [-0.4, -0.2) is 9.97 Å². The molecule has 1 aromatic heterocycles. The zero-order chi connectivity index (χ0) is 14.5. The molecule has 0 bridgehead atoms. The smallest absolute Gasteiger partial charge is 0.148 e. The van der Waals surface area contributed by atoms with Gasteiger partial charge in [-0.2, -0.15) is 0 Å². The minimum atomic E-state index is 0.676. The van der Waals surface area contributed by atoms with Crippen LogP contribution in [-0.2, 0) is 6.42 Å². The molecule has 0 aliphatic heterocycles. The van der Waals surface area contributed by atoms with Gasteiger partial charge >= 0.3 is 0 Å². The van der Waals surface area contributed by atoms with E-state index in [1.165, 1.54) is 17.5 Å². The lowest BCUT2D eigenvalue weighted by Gasteiger charge is -2.15. The molecule has 1 heterocycles. The van der Waals surface area contributed by atoms with Gasteiger partial charge in [0.25, 0.3) is 0 Å². The molecule has 106 valence electrons. The number of anilines is 3. The van der Waals surface area contributed by atoms with Crippen molar-refractivity contribution in [1.29, 1.82) is 0 Å². The summed E-state index contributed by atoms with van der Waals surface area (Å²) in [6.07, 6.45) is 3.39. The Morgan fingerprint density at radius 3 is 2.60 bits per heavy atom. The Morgan fingerprint density at radius 1 is 1.15 bits per heavy atom. The first-order valence-corrected chi connectivity index (χ1v) is 6.80. The molecule has 0 saturated carbocycles. The van der Waals surface area contributed by atoms with E-state index in [4.69, 9.17) is 5.84 Å². The number of aromatic nitrogens is 2. The van der Waals surface area contributed by atoms with E-state index in [-0.39, 0.29) is 0 Å². The average Bonchev–Trinajstić information content (AvgIpc) is 2.45. The fraction of sp³-hybridized carbons (Fsp3) is 0.333. The highest BCUT2D eigenvalue weighted by molar-refractivity contribution is 5.67. The van der Waals surface area contributed by atoms with Crippen LogP contribution in [0.2, 0.25) is 0 Å². The summed E-state index contributed by atoms with van der Waals surface area (Å²) in [6.45, 7) is 6.27. The van der Waals surface area contributed by atoms with E-state index in [1.54, 1.807) is 0 Å². The summed E-state index contributed by atoms with van der Waals surface area (Å²) >= 11 is 0. The third-order valence-electron chi connectivity index (χ3n) is 3.23. The van der Waals surface area contributed by atoms with Crippen LogP contribution >= 0.6 is 0 Å². The molecule has 1 aromatic carbocycles. The number of nitrogens with two attached hydrogens (primary N) is 1. The Balaban J connectivity index is 2.39. The number of hydrogen-bond donors (Lipinski definition) is 3. The summed E-state index contributed by atoms with van der Waals surface area (Å²) in [4.78, 5) is 8.53. The van der Waals surface area contributed by atoms with Gasteiger partial charge < -0.3 is 10.7 Å². The second-order valence-electron chi connectivity index (χ2n) is 4.89. The second kappa shape index (κ2) is 6.34. The highest BCUT2D eigenvalue weighted by Gasteiger charge is 2.11. The lowest BCUT2D eigenvalue weighted by molar-refractivity contribution is 0.903. The van der Waals surface area contributed by atoms with E-state index in [2.05, 4.69) is 59.7 Å². The average molecular weight is 271 g/mol. The van der Waals surface area contributed by atoms with Gasteiger partial charge in [0.1, 0.15) is 18.0 Å². The number of hydrazine groups is 1. The van der Waals surface area contributed by atoms with Gasteiger partial charge in [-0.15, -0.1) is 0 Å². The van der Waals surface area contributed by atoms with Crippen LogP contribution in [0.25, 0.3) is 0 Å². The number of nitrogens with one attached hydrogen (secondary N) is 2. The third-order valence-corrected chi connectivity index (χ3v) is 3.23. The quantitative estimate of drug-likeness (QED) is 0.575. The Kier molecular flexibility index (Phi) is 4.53. The van der Waals surface area contributed by atoms with Crippen LogP contribution < -0.4 is 16.6 Å². The van der Waals surface area contributed by atoms with E-state index in [0.717, 1.165) is 29.9 Å². The molecule has 0 unspecified atom stereocenters. The lowest BCUT2D eigenvalue weighted by Crippen LogP contribution is -2.13. The zero-order valence-electron chi connectivity index (χ0n) is 12.2. The van der Waals surface area contributed by atoms with Crippen molar-refractivity contribution in [1.82, 2.24) is 9.97 Å². The van der Waals surface area contributed by atoms with Crippen LogP contribution in [0.1, 0.15) is 30.0 Å². The number of benzene rings is 1. The molecule has 0 aliphatic carbocycles. The first kappa shape index (κ1) is 14.3. The molecule has 0 amide bonds. The minimum absolute atomic E-state index is 0.676. The van der Waals surface area contributed by atoms with Crippen molar-refractivity contribution >= 4 is 17.3 Å². The number of nitrogens with zero attached hydrogens (tertiary/aromatic N) is 2. The van der Waals surface area contributed by atoms with Crippen molar-refractivity contribution in [2.45, 2.75) is 33.6 Å². The molecule has 0 saturated heterocycles. The fourth-order valence-corrected chi connectivity index (χ4v) is 2.13. The molecule has 0 spiro atoms. The number of aryl methyl sites for hydroxylation is 2. The molecule has 0 fully saturated rings. The van der Waals surface area contributed by atoms with Gasteiger partial charge in [0, 0.05) is 11.3 Å². The van der Waals surface area contributed by atoms with E-state index in [1.807, 2.05) is 0 Å². The second-order valence-corrected chi connectivity index (χ2v) is 4.89. The predicted molar refractivity (Wildman–Crippen MR) is 83.0 cm³/mol. The lowest BCUT2D eigenvalue weighted by atomic mass is 10.1. The van der Waals surface area contributed by atoms with E-state index in [0.29, 0.717) is 5.82 Å². The predicted octanol–water partition coefficient (Wildman–Crippen LogP) is 3.08. The van der Waals surface area contributed by atoms with Gasteiger partial charge in [-0.1, -0.05) is 25.5 Å². The molecule has 0 radical (unpaired) electrons. The van der Waals surface area contributed by atoms with Crippen molar-refractivity contribution < 1.29 is 0 Å². The largest absolute Gasteiger partial charge is 0.340 e. The summed E-state index contributed by atoms with van der Waals surface area (Å²) in [7, 11) is 0. The van der Waals surface area contributed by atoms with E-state index >= 15 is 0 Å².